The van der Waals surface area contributed by atoms with E-state index < -0.39 is 5.54 Å². The molecule has 1 aromatic rings. The van der Waals surface area contributed by atoms with Crippen molar-refractivity contribution in [2.75, 3.05) is 26.2 Å². The molecule has 2 heterocycles. The van der Waals surface area contributed by atoms with Crippen molar-refractivity contribution in [2.45, 2.75) is 25.8 Å². The molecular weight excluding hydrogens is 288 g/mol. The summed E-state index contributed by atoms with van der Waals surface area (Å²) in [6.45, 7) is 6.63. The largest absolute Gasteiger partial charge is 0.409 e. The number of oxime groups is 1. The first-order valence-corrected chi connectivity index (χ1v) is 7.91. The highest BCUT2D eigenvalue weighted by Gasteiger charge is 2.34. The summed E-state index contributed by atoms with van der Waals surface area (Å²) in [6, 6.07) is 1.99. The van der Waals surface area contributed by atoms with Gasteiger partial charge in [-0.25, -0.2) is 0 Å². The summed E-state index contributed by atoms with van der Waals surface area (Å²) in [5.41, 5.74) is 6.32. The molecule has 0 atom stereocenters. The number of hydrogen-bond donors (Lipinski definition) is 2. The van der Waals surface area contributed by atoms with Gasteiger partial charge in [-0.2, -0.15) is 11.3 Å². The van der Waals surface area contributed by atoms with Crippen molar-refractivity contribution in [3.63, 3.8) is 0 Å². The van der Waals surface area contributed by atoms with Crippen LogP contribution in [0.5, 0.6) is 0 Å². The van der Waals surface area contributed by atoms with Gasteiger partial charge in [0.25, 0.3) is 0 Å². The zero-order chi connectivity index (χ0) is 15.5. The maximum atomic E-state index is 12.2. The Morgan fingerprint density at radius 3 is 2.62 bits per heavy atom. The lowest BCUT2D eigenvalue weighted by molar-refractivity contribution is -0.132. The topological polar surface area (TPSA) is 82.2 Å². The minimum absolute atomic E-state index is 0.162. The zero-order valence-electron chi connectivity index (χ0n) is 12.5. The molecule has 0 radical (unpaired) electrons. The van der Waals surface area contributed by atoms with E-state index in [-0.39, 0.29) is 11.7 Å². The second-order valence-electron chi connectivity index (χ2n) is 5.72. The van der Waals surface area contributed by atoms with Crippen LogP contribution in [0, 0.1) is 0 Å². The highest BCUT2D eigenvalue weighted by molar-refractivity contribution is 7.07. The molecule has 0 aliphatic carbocycles. The molecule has 0 saturated carbocycles. The van der Waals surface area contributed by atoms with E-state index >= 15 is 0 Å². The molecule has 0 spiro atoms. The lowest BCUT2D eigenvalue weighted by Gasteiger charge is -2.43. The van der Waals surface area contributed by atoms with Crippen molar-refractivity contribution in [1.82, 2.24) is 9.80 Å². The van der Waals surface area contributed by atoms with Gasteiger partial charge in [0, 0.05) is 26.2 Å². The van der Waals surface area contributed by atoms with Gasteiger partial charge >= 0.3 is 0 Å². The summed E-state index contributed by atoms with van der Waals surface area (Å²) in [5, 5.41) is 16.0. The summed E-state index contributed by atoms with van der Waals surface area (Å²) >= 11 is 1.61. The molecule has 3 N–H and O–H groups in total. The van der Waals surface area contributed by atoms with Crippen LogP contribution in [0.25, 0.3) is 0 Å². The Kier molecular flexibility index (Phi) is 4.84. The van der Waals surface area contributed by atoms with Crippen LogP contribution in [0.1, 0.15) is 19.4 Å². The molecule has 1 aromatic heterocycles. The van der Waals surface area contributed by atoms with E-state index in [1.165, 1.54) is 0 Å². The molecule has 0 bridgehead atoms. The van der Waals surface area contributed by atoms with Gasteiger partial charge in [-0.1, -0.05) is 5.16 Å². The van der Waals surface area contributed by atoms with Gasteiger partial charge in [0.15, 0.2) is 5.84 Å². The Morgan fingerprint density at radius 2 is 2.10 bits per heavy atom. The second-order valence-corrected chi connectivity index (χ2v) is 6.50. The lowest BCUT2D eigenvalue weighted by Crippen LogP contribution is -2.60. The third-order valence-corrected chi connectivity index (χ3v) is 4.83. The lowest BCUT2D eigenvalue weighted by atomic mass is 10.00. The molecule has 2 rings (SSSR count). The van der Waals surface area contributed by atoms with Crippen molar-refractivity contribution in [3.05, 3.63) is 22.4 Å². The number of nitrogens with two attached hydrogens (primary N) is 1. The second kappa shape index (κ2) is 6.44. The van der Waals surface area contributed by atoms with Crippen LogP contribution in [0.3, 0.4) is 0 Å². The van der Waals surface area contributed by atoms with E-state index in [4.69, 9.17) is 10.9 Å². The number of thiophene rings is 1. The predicted octanol–water partition coefficient (Wildman–Crippen LogP) is 0.960. The number of amides is 1. The van der Waals surface area contributed by atoms with Gasteiger partial charge < -0.3 is 15.8 Å². The first kappa shape index (κ1) is 15.8. The fourth-order valence-electron chi connectivity index (χ4n) is 2.48. The van der Waals surface area contributed by atoms with Crippen LogP contribution in [-0.2, 0) is 11.2 Å². The van der Waals surface area contributed by atoms with Crippen molar-refractivity contribution in [3.8, 4) is 0 Å². The van der Waals surface area contributed by atoms with E-state index in [0.717, 1.165) is 18.7 Å². The van der Waals surface area contributed by atoms with Gasteiger partial charge in [-0.15, -0.1) is 0 Å². The molecule has 1 saturated heterocycles. The number of carbonyl (C=O) groups excluding carboxylic acids is 1. The average Bonchev–Trinajstić information content (AvgIpc) is 2.99. The third-order valence-electron chi connectivity index (χ3n) is 4.09. The predicted molar refractivity (Wildman–Crippen MR) is 83.7 cm³/mol. The maximum absolute atomic E-state index is 12.2. The van der Waals surface area contributed by atoms with Crippen LogP contribution in [0.15, 0.2) is 22.0 Å². The maximum Gasteiger partial charge on any atom is 0.227 e. The molecule has 1 aliphatic heterocycles. The first-order valence-electron chi connectivity index (χ1n) is 6.97. The minimum Gasteiger partial charge on any atom is -0.409 e. The number of hydrogen-bond acceptors (Lipinski definition) is 5. The fraction of sp³-hybridized carbons (Fsp3) is 0.571. The van der Waals surface area contributed by atoms with Crippen LogP contribution >= 0.6 is 11.3 Å². The number of rotatable bonds is 4. The van der Waals surface area contributed by atoms with Crippen LogP contribution in [0.2, 0.25) is 0 Å². The zero-order valence-corrected chi connectivity index (χ0v) is 13.3. The molecule has 0 unspecified atom stereocenters. The monoisotopic (exact) mass is 310 g/mol. The van der Waals surface area contributed by atoms with Crippen LogP contribution in [0.4, 0.5) is 0 Å². The normalized spacial score (nSPS) is 18.0. The van der Waals surface area contributed by atoms with Gasteiger partial charge in [0.1, 0.15) is 0 Å². The van der Waals surface area contributed by atoms with E-state index in [1.54, 1.807) is 11.3 Å². The minimum atomic E-state index is -0.503. The van der Waals surface area contributed by atoms with E-state index in [9.17, 15) is 4.79 Å². The molecule has 7 heteroatoms. The van der Waals surface area contributed by atoms with E-state index in [2.05, 4.69) is 10.1 Å². The Hall–Kier alpha value is -1.60. The Bertz CT molecular complexity index is 505. The molecule has 1 aliphatic rings. The number of carbonyl (C=O) groups is 1. The third kappa shape index (κ3) is 3.54. The molecule has 116 valence electrons. The van der Waals surface area contributed by atoms with Crippen molar-refractivity contribution in [1.29, 1.82) is 0 Å². The molecule has 0 aromatic carbocycles. The highest BCUT2D eigenvalue weighted by Crippen LogP contribution is 2.18. The van der Waals surface area contributed by atoms with E-state index in [0.29, 0.717) is 19.5 Å². The molecular formula is C14H22N4O2S. The first-order chi connectivity index (χ1) is 9.95. The van der Waals surface area contributed by atoms with Gasteiger partial charge in [0.2, 0.25) is 5.91 Å². The van der Waals surface area contributed by atoms with Gasteiger partial charge in [-0.3, -0.25) is 9.69 Å². The number of amidine groups is 1. The Morgan fingerprint density at radius 1 is 1.43 bits per heavy atom. The standard InChI is InChI=1S/C14H22N4O2S/c1-14(2,13(15)16-20)18-6-4-17(5-7-18)12(19)9-11-3-8-21-10-11/h3,8,10,20H,4-7,9H2,1-2H3,(H2,15,16). The molecule has 6 nitrogen and oxygen atoms in total. The summed E-state index contributed by atoms with van der Waals surface area (Å²) in [4.78, 5) is 16.3. The van der Waals surface area contributed by atoms with Crippen molar-refractivity contribution in [2.24, 2.45) is 10.9 Å². The SMILES string of the molecule is CC(C)(C(N)=NO)N1CCN(C(=O)Cc2ccsc2)CC1. The van der Waals surface area contributed by atoms with E-state index in [1.807, 2.05) is 35.6 Å². The number of nitrogens with zero attached hydrogens (tertiary/aromatic N) is 3. The van der Waals surface area contributed by atoms with Crippen LogP contribution in [-0.4, -0.2) is 58.5 Å². The summed E-state index contributed by atoms with van der Waals surface area (Å²) in [6.07, 6.45) is 0.465. The van der Waals surface area contributed by atoms with Gasteiger partial charge in [-0.05, 0) is 36.2 Å². The fourth-order valence-corrected chi connectivity index (χ4v) is 3.15. The summed E-state index contributed by atoms with van der Waals surface area (Å²) in [7, 11) is 0. The highest BCUT2D eigenvalue weighted by atomic mass is 32.1. The smallest absolute Gasteiger partial charge is 0.227 e. The quantitative estimate of drug-likeness (QED) is 0.376. The Balaban J connectivity index is 1.90. The summed E-state index contributed by atoms with van der Waals surface area (Å²) in [5.74, 6) is 0.357. The van der Waals surface area contributed by atoms with Gasteiger partial charge in [0.05, 0.1) is 12.0 Å². The average molecular weight is 310 g/mol. The van der Waals surface area contributed by atoms with Crippen molar-refractivity contribution >= 4 is 23.1 Å². The summed E-state index contributed by atoms with van der Waals surface area (Å²) < 4.78 is 0. The van der Waals surface area contributed by atoms with Crippen LogP contribution < -0.4 is 5.73 Å². The number of piperazine rings is 1. The molecule has 1 amide bonds. The molecule has 1 fully saturated rings. The Labute approximate surface area is 128 Å². The van der Waals surface area contributed by atoms with Crippen molar-refractivity contribution < 1.29 is 10.0 Å². The molecule has 21 heavy (non-hydrogen) atoms.